The molecule has 0 aliphatic heterocycles. The van der Waals surface area contributed by atoms with Gasteiger partial charge in [0.1, 0.15) is 11.5 Å². The molecule has 2 aromatic carbocycles. The summed E-state index contributed by atoms with van der Waals surface area (Å²) in [4.78, 5) is 0. The van der Waals surface area contributed by atoms with Crippen molar-refractivity contribution < 1.29 is 14.6 Å². The highest BCUT2D eigenvalue weighted by atomic mass is 16.5. The standard InChI is InChI=1S/C16H19NO3/c1-19-14-8-7-12(16(9-14)20-2)10-17-15-6-4-3-5-13(15)11-18/h3-9,17-18H,10-11H2,1-2H3. The monoisotopic (exact) mass is 273 g/mol. The minimum atomic E-state index is 0.0168. The van der Waals surface area contributed by atoms with Gasteiger partial charge >= 0.3 is 0 Å². The van der Waals surface area contributed by atoms with Gasteiger partial charge < -0.3 is 19.9 Å². The number of hydrogen-bond acceptors (Lipinski definition) is 4. The van der Waals surface area contributed by atoms with E-state index >= 15 is 0 Å². The van der Waals surface area contributed by atoms with Crippen molar-refractivity contribution in [2.75, 3.05) is 19.5 Å². The zero-order valence-electron chi connectivity index (χ0n) is 11.7. The van der Waals surface area contributed by atoms with Crippen molar-refractivity contribution in [3.8, 4) is 11.5 Å². The molecule has 0 fully saturated rings. The van der Waals surface area contributed by atoms with Crippen LogP contribution in [0.4, 0.5) is 5.69 Å². The summed E-state index contributed by atoms with van der Waals surface area (Å²) in [7, 11) is 3.27. The van der Waals surface area contributed by atoms with E-state index in [4.69, 9.17) is 9.47 Å². The minimum Gasteiger partial charge on any atom is -0.497 e. The Kier molecular flexibility index (Phi) is 4.85. The van der Waals surface area contributed by atoms with Gasteiger partial charge in [-0.2, -0.15) is 0 Å². The Morgan fingerprint density at radius 3 is 2.50 bits per heavy atom. The first kappa shape index (κ1) is 14.2. The Labute approximate surface area is 119 Å². The Hall–Kier alpha value is -2.20. The van der Waals surface area contributed by atoms with Crippen LogP contribution in [0.3, 0.4) is 0 Å². The number of anilines is 1. The van der Waals surface area contributed by atoms with Crippen molar-refractivity contribution in [2.24, 2.45) is 0 Å². The van der Waals surface area contributed by atoms with Gasteiger partial charge in [-0.05, 0) is 18.2 Å². The molecule has 0 aromatic heterocycles. The van der Waals surface area contributed by atoms with Gasteiger partial charge in [-0.1, -0.05) is 18.2 Å². The quantitative estimate of drug-likeness (QED) is 0.849. The van der Waals surface area contributed by atoms with Gasteiger partial charge in [0.2, 0.25) is 0 Å². The topological polar surface area (TPSA) is 50.7 Å². The summed E-state index contributed by atoms with van der Waals surface area (Å²) in [6.07, 6.45) is 0. The summed E-state index contributed by atoms with van der Waals surface area (Å²) in [6, 6.07) is 13.4. The third kappa shape index (κ3) is 3.22. The Bertz CT molecular complexity index is 569. The SMILES string of the molecule is COc1ccc(CNc2ccccc2CO)c(OC)c1. The second-order valence-electron chi connectivity index (χ2n) is 4.35. The predicted molar refractivity (Wildman–Crippen MR) is 79.2 cm³/mol. The lowest BCUT2D eigenvalue weighted by atomic mass is 10.1. The number of methoxy groups -OCH3 is 2. The van der Waals surface area contributed by atoms with E-state index in [1.165, 1.54) is 0 Å². The maximum absolute atomic E-state index is 9.30. The molecule has 0 saturated carbocycles. The second kappa shape index (κ2) is 6.82. The van der Waals surface area contributed by atoms with Gasteiger partial charge in [-0.3, -0.25) is 0 Å². The minimum absolute atomic E-state index is 0.0168. The summed E-state index contributed by atoms with van der Waals surface area (Å²) in [6.45, 7) is 0.632. The summed E-state index contributed by atoms with van der Waals surface area (Å²) in [5.41, 5.74) is 2.83. The molecule has 0 aliphatic carbocycles. The molecule has 0 atom stereocenters. The molecule has 2 aromatic rings. The summed E-state index contributed by atoms with van der Waals surface area (Å²) in [5, 5.41) is 12.6. The van der Waals surface area contributed by atoms with Crippen LogP contribution in [0.1, 0.15) is 11.1 Å². The van der Waals surface area contributed by atoms with Crippen molar-refractivity contribution >= 4 is 5.69 Å². The van der Waals surface area contributed by atoms with Crippen LogP contribution < -0.4 is 14.8 Å². The third-order valence-electron chi connectivity index (χ3n) is 3.15. The molecule has 0 saturated heterocycles. The normalized spacial score (nSPS) is 10.2. The lowest BCUT2D eigenvalue weighted by Gasteiger charge is -2.13. The van der Waals surface area contributed by atoms with E-state index in [2.05, 4.69) is 5.32 Å². The molecule has 0 radical (unpaired) electrons. The van der Waals surface area contributed by atoms with Gasteiger partial charge in [-0.15, -0.1) is 0 Å². The average molecular weight is 273 g/mol. The van der Waals surface area contributed by atoms with Crippen molar-refractivity contribution in [1.29, 1.82) is 0 Å². The van der Waals surface area contributed by atoms with Crippen molar-refractivity contribution in [3.05, 3.63) is 53.6 Å². The molecule has 4 heteroatoms. The molecular weight excluding hydrogens is 254 g/mol. The number of para-hydroxylation sites is 1. The largest absolute Gasteiger partial charge is 0.497 e. The zero-order valence-corrected chi connectivity index (χ0v) is 11.7. The zero-order chi connectivity index (χ0) is 14.4. The number of nitrogens with one attached hydrogen (secondary N) is 1. The fourth-order valence-corrected chi connectivity index (χ4v) is 2.02. The Morgan fingerprint density at radius 1 is 1.00 bits per heavy atom. The molecule has 0 unspecified atom stereocenters. The van der Waals surface area contributed by atoms with E-state index < -0.39 is 0 Å². The fourth-order valence-electron chi connectivity index (χ4n) is 2.02. The summed E-state index contributed by atoms with van der Waals surface area (Å²) in [5.74, 6) is 1.54. The molecule has 0 aliphatic rings. The second-order valence-corrected chi connectivity index (χ2v) is 4.35. The fraction of sp³-hybridized carbons (Fsp3) is 0.250. The number of aliphatic hydroxyl groups is 1. The molecule has 0 heterocycles. The van der Waals surface area contributed by atoms with Gasteiger partial charge in [0, 0.05) is 29.4 Å². The van der Waals surface area contributed by atoms with Crippen molar-refractivity contribution in [3.63, 3.8) is 0 Å². The van der Waals surface area contributed by atoms with E-state index in [9.17, 15) is 5.11 Å². The van der Waals surface area contributed by atoms with E-state index in [0.717, 1.165) is 28.3 Å². The summed E-state index contributed by atoms with van der Waals surface area (Å²) < 4.78 is 10.5. The van der Waals surface area contributed by atoms with Crippen LogP contribution in [-0.2, 0) is 13.2 Å². The highest BCUT2D eigenvalue weighted by Gasteiger charge is 2.06. The molecule has 20 heavy (non-hydrogen) atoms. The first-order chi connectivity index (χ1) is 9.78. The van der Waals surface area contributed by atoms with Gasteiger partial charge in [-0.25, -0.2) is 0 Å². The van der Waals surface area contributed by atoms with Crippen LogP contribution in [0, 0.1) is 0 Å². The lowest BCUT2D eigenvalue weighted by Crippen LogP contribution is -2.04. The number of ether oxygens (including phenoxy) is 2. The number of rotatable bonds is 6. The first-order valence-electron chi connectivity index (χ1n) is 6.42. The molecule has 2 N–H and O–H groups in total. The van der Waals surface area contributed by atoms with E-state index in [1.807, 2.05) is 42.5 Å². The maximum atomic E-state index is 9.30. The number of benzene rings is 2. The smallest absolute Gasteiger partial charge is 0.127 e. The molecular formula is C16H19NO3. The van der Waals surface area contributed by atoms with Crippen LogP contribution >= 0.6 is 0 Å². The number of aliphatic hydroxyl groups excluding tert-OH is 1. The predicted octanol–water partition coefficient (Wildman–Crippen LogP) is 2.81. The van der Waals surface area contributed by atoms with Gasteiger partial charge in [0.15, 0.2) is 0 Å². The van der Waals surface area contributed by atoms with Crippen LogP contribution in [-0.4, -0.2) is 19.3 Å². The molecule has 0 spiro atoms. The van der Waals surface area contributed by atoms with Crippen molar-refractivity contribution in [2.45, 2.75) is 13.2 Å². The maximum Gasteiger partial charge on any atom is 0.127 e. The lowest BCUT2D eigenvalue weighted by molar-refractivity contribution is 0.282. The Morgan fingerprint density at radius 2 is 1.80 bits per heavy atom. The van der Waals surface area contributed by atoms with Crippen LogP contribution in [0.2, 0.25) is 0 Å². The van der Waals surface area contributed by atoms with Crippen LogP contribution in [0.25, 0.3) is 0 Å². The van der Waals surface area contributed by atoms with Crippen molar-refractivity contribution in [1.82, 2.24) is 0 Å². The molecule has 2 rings (SSSR count). The number of hydrogen-bond donors (Lipinski definition) is 2. The third-order valence-corrected chi connectivity index (χ3v) is 3.15. The summed E-state index contributed by atoms with van der Waals surface area (Å²) >= 11 is 0. The molecule has 4 nitrogen and oxygen atoms in total. The van der Waals surface area contributed by atoms with Crippen LogP contribution in [0.15, 0.2) is 42.5 Å². The van der Waals surface area contributed by atoms with Crippen LogP contribution in [0.5, 0.6) is 11.5 Å². The Balaban J connectivity index is 2.14. The first-order valence-corrected chi connectivity index (χ1v) is 6.42. The molecule has 0 bridgehead atoms. The highest BCUT2D eigenvalue weighted by Crippen LogP contribution is 2.26. The van der Waals surface area contributed by atoms with Gasteiger partial charge in [0.05, 0.1) is 20.8 Å². The van der Waals surface area contributed by atoms with E-state index in [0.29, 0.717) is 6.54 Å². The molecule has 106 valence electrons. The average Bonchev–Trinajstić information content (AvgIpc) is 2.52. The highest BCUT2D eigenvalue weighted by molar-refractivity contribution is 5.52. The van der Waals surface area contributed by atoms with Gasteiger partial charge in [0.25, 0.3) is 0 Å². The van der Waals surface area contributed by atoms with E-state index in [-0.39, 0.29) is 6.61 Å². The molecule has 0 amide bonds. The van der Waals surface area contributed by atoms with E-state index in [1.54, 1.807) is 14.2 Å².